The van der Waals surface area contributed by atoms with Gasteiger partial charge in [0.1, 0.15) is 5.60 Å². The zero-order valence-corrected chi connectivity index (χ0v) is 10.7. The Bertz CT molecular complexity index is 372. The molecule has 0 atom stereocenters. The molecular weight excluding hydrogens is 224 g/mol. The van der Waals surface area contributed by atoms with E-state index < -0.39 is 5.60 Å². The van der Waals surface area contributed by atoms with Crippen molar-refractivity contribution < 1.29 is 9.53 Å². The SMILES string of the molecule is CCOC(C)(C)C(=O)Cc1ccccc1Cl. The highest BCUT2D eigenvalue weighted by atomic mass is 35.5. The van der Waals surface area contributed by atoms with Crippen LogP contribution in [0.2, 0.25) is 5.02 Å². The molecule has 0 fully saturated rings. The van der Waals surface area contributed by atoms with E-state index in [2.05, 4.69) is 0 Å². The molecule has 0 N–H and O–H groups in total. The summed E-state index contributed by atoms with van der Waals surface area (Å²) in [5.74, 6) is 0.0439. The number of hydrogen-bond donors (Lipinski definition) is 0. The summed E-state index contributed by atoms with van der Waals surface area (Å²) in [6.07, 6.45) is 0.312. The first-order valence-electron chi connectivity index (χ1n) is 5.38. The van der Waals surface area contributed by atoms with Crippen molar-refractivity contribution in [2.45, 2.75) is 32.8 Å². The first-order chi connectivity index (χ1) is 7.47. The van der Waals surface area contributed by atoms with Crippen LogP contribution in [0.1, 0.15) is 26.3 Å². The Morgan fingerprint density at radius 1 is 1.38 bits per heavy atom. The monoisotopic (exact) mass is 240 g/mol. The van der Waals surface area contributed by atoms with E-state index in [1.165, 1.54) is 0 Å². The molecule has 0 aromatic heterocycles. The van der Waals surface area contributed by atoms with Gasteiger partial charge in [0.2, 0.25) is 0 Å². The van der Waals surface area contributed by atoms with E-state index in [1.54, 1.807) is 19.9 Å². The van der Waals surface area contributed by atoms with E-state index in [-0.39, 0.29) is 5.78 Å². The zero-order chi connectivity index (χ0) is 12.2. The summed E-state index contributed by atoms with van der Waals surface area (Å²) >= 11 is 6.00. The van der Waals surface area contributed by atoms with E-state index in [0.29, 0.717) is 18.1 Å². The van der Waals surface area contributed by atoms with Crippen LogP contribution in [0.15, 0.2) is 24.3 Å². The predicted octanol–water partition coefficient (Wildman–Crippen LogP) is 3.27. The topological polar surface area (TPSA) is 26.3 Å². The third-order valence-electron chi connectivity index (χ3n) is 2.49. The standard InChI is InChI=1S/C13H17ClO2/c1-4-16-13(2,3)12(15)9-10-7-5-6-8-11(10)14/h5-8H,4,9H2,1-3H3. The van der Waals surface area contributed by atoms with E-state index >= 15 is 0 Å². The van der Waals surface area contributed by atoms with Gasteiger partial charge >= 0.3 is 0 Å². The van der Waals surface area contributed by atoms with Crippen molar-refractivity contribution in [3.05, 3.63) is 34.9 Å². The van der Waals surface area contributed by atoms with Crippen LogP contribution in [-0.2, 0) is 16.0 Å². The van der Waals surface area contributed by atoms with Gasteiger partial charge in [-0.1, -0.05) is 29.8 Å². The lowest BCUT2D eigenvalue weighted by atomic mass is 9.97. The van der Waals surface area contributed by atoms with Gasteiger partial charge in [0.05, 0.1) is 0 Å². The summed E-state index contributed by atoms with van der Waals surface area (Å²) in [5, 5.41) is 0.628. The Hall–Kier alpha value is -0.860. The minimum atomic E-state index is -0.742. The summed E-state index contributed by atoms with van der Waals surface area (Å²) in [4.78, 5) is 12.0. The molecule has 0 radical (unpaired) electrons. The van der Waals surface area contributed by atoms with Crippen molar-refractivity contribution in [3.8, 4) is 0 Å². The maximum absolute atomic E-state index is 12.0. The van der Waals surface area contributed by atoms with Gasteiger partial charge in [-0.05, 0) is 32.4 Å². The fourth-order valence-corrected chi connectivity index (χ4v) is 1.67. The first-order valence-corrected chi connectivity index (χ1v) is 5.76. The van der Waals surface area contributed by atoms with Crippen molar-refractivity contribution in [2.24, 2.45) is 0 Å². The number of carbonyl (C=O) groups is 1. The normalized spacial score (nSPS) is 11.5. The second-order valence-electron chi connectivity index (χ2n) is 4.13. The maximum Gasteiger partial charge on any atom is 0.168 e. The number of Topliss-reactive ketones (excluding diaryl/α,β-unsaturated/α-hetero) is 1. The van der Waals surface area contributed by atoms with Crippen LogP contribution in [0.4, 0.5) is 0 Å². The van der Waals surface area contributed by atoms with Gasteiger partial charge in [-0.2, -0.15) is 0 Å². The van der Waals surface area contributed by atoms with E-state index in [4.69, 9.17) is 16.3 Å². The molecule has 16 heavy (non-hydrogen) atoms. The molecule has 0 heterocycles. The molecule has 1 aromatic carbocycles. The van der Waals surface area contributed by atoms with Gasteiger partial charge in [0, 0.05) is 18.1 Å². The van der Waals surface area contributed by atoms with Crippen molar-refractivity contribution in [1.82, 2.24) is 0 Å². The van der Waals surface area contributed by atoms with Gasteiger partial charge < -0.3 is 4.74 Å². The Kier molecular flexibility index (Phi) is 4.51. The highest BCUT2D eigenvalue weighted by molar-refractivity contribution is 6.31. The number of rotatable bonds is 5. The molecule has 0 amide bonds. The van der Waals surface area contributed by atoms with Crippen LogP contribution in [0.5, 0.6) is 0 Å². The van der Waals surface area contributed by atoms with Crippen LogP contribution in [-0.4, -0.2) is 18.0 Å². The summed E-state index contributed by atoms with van der Waals surface area (Å²) in [7, 11) is 0. The molecule has 0 saturated carbocycles. The smallest absolute Gasteiger partial charge is 0.168 e. The fraction of sp³-hybridized carbons (Fsp3) is 0.462. The average molecular weight is 241 g/mol. The zero-order valence-electron chi connectivity index (χ0n) is 9.92. The molecule has 2 nitrogen and oxygen atoms in total. The van der Waals surface area contributed by atoms with Crippen LogP contribution in [0.25, 0.3) is 0 Å². The minimum Gasteiger partial charge on any atom is -0.368 e. The highest BCUT2D eigenvalue weighted by Crippen LogP contribution is 2.19. The van der Waals surface area contributed by atoms with Crippen LogP contribution < -0.4 is 0 Å². The van der Waals surface area contributed by atoms with Gasteiger partial charge in [0.25, 0.3) is 0 Å². The summed E-state index contributed by atoms with van der Waals surface area (Å²) < 4.78 is 5.41. The second-order valence-corrected chi connectivity index (χ2v) is 4.54. The van der Waals surface area contributed by atoms with Crippen molar-refractivity contribution in [3.63, 3.8) is 0 Å². The lowest BCUT2D eigenvalue weighted by Crippen LogP contribution is -2.36. The fourth-order valence-electron chi connectivity index (χ4n) is 1.47. The molecule has 3 heteroatoms. The number of ether oxygens (including phenoxy) is 1. The van der Waals surface area contributed by atoms with Crippen molar-refractivity contribution >= 4 is 17.4 Å². The third-order valence-corrected chi connectivity index (χ3v) is 2.85. The Balaban J connectivity index is 2.75. The Morgan fingerprint density at radius 2 is 2.00 bits per heavy atom. The van der Waals surface area contributed by atoms with Crippen LogP contribution in [0, 0.1) is 0 Å². The van der Waals surface area contributed by atoms with Crippen molar-refractivity contribution in [2.75, 3.05) is 6.61 Å². The molecule has 88 valence electrons. The number of carbonyl (C=O) groups excluding carboxylic acids is 1. The van der Waals surface area contributed by atoms with Gasteiger partial charge in [-0.3, -0.25) is 4.79 Å². The molecule has 0 saturated heterocycles. The molecule has 0 aliphatic heterocycles. The van der Waals surface area contributed by atoms with Gasteiger partial charge in [-0.15, -0.1) is 0 Å². The molecule has 1 rings (SSSR count). The Morgan fingerprint density at radius 3 is 2.56 bits per heavy atom. The number of ketones is 1. The molecule has 0 unspecified atom stereocenters. The minimum absolute atomic E-state index is 0.0439. The van der Waals surface area contributed by atoms with Crippen LogP contribution in [0.3, 0.4) is 0 Å². The van der Waals surface area contributed by atoms with E-state index in [9.17, 15) is 4.79 Å². The number of halogens is 1. The molecule has 0 aliphatic rings. The number of hydrogen-bond acceptors (Lipinski definition) is 2. The first kappa shape index (κ1) is 13.2. The molecular formula is C13H17ClO2. The van der Waals surface area contributed by atoms with Gasteiger partial charge in [0.15, 0.2) is 5.78 Å². The average Bonchev–Trinajstić information content (AvgIpc) is 2.21. The maximum atomic E-state index is 12.0. The predicted molar refractivity (Wildman–Crippen MR) is 65.9 cm³/mol. The lowest BCUT2D eigenvalue weighted by molar-refractivity contribution is -0.139. The summed E-state index contributed by atoms with van der Waals surface area (Å²) in [6, 6.07) is 7.38. The second kappa shape index (κ2) is 5.46. The van der Waals surface area contributed by atoms with Crippen LogP contribution >= 0.6 is 11.6 Å². The quantitative estimate of drug-likeness (QED) is 0.790. The third kappa shape index (κ3) is 3.32. The molecule has 0 aliphatic carbocycles. The number of benzene rings is 1. The van der Waals surface area contributed by atoms with E-state index in [1.807, 2.05) is 25.1 Å². The van der Waals surface area contributed by atoms with Crippen molar-refractivity contribution in [1.29, 1.82) is 0 Å². The van der Waals surface area contributed by atoms with Gasteiger partial charge in [-0.25, -0.2) is 0 Å². The summed E-state index contributed by atoms with van der Waals surface area (Å²) in [5.41, 5.74) is 0.107. The molecule has 1 aromatic rings. The van der Waals surface area contributed by atoms with E-state index in [0.717, 1.165) is 5.56 Å². The Labute approximate surface area is 102 Å². The lowest BCUT2D eigenvalue weighted by Gasteiger charge is -2.23. The summed E-state index contributed by atoms with van der Waals surface area (Å²) in [6.45, 7) is 5.98. The highest BCUT2D eigenvalue weighted by Gasteiger charge is 2.27. The largest absolute Gasteiger partial charge is 0.368 e. The molecule has 0 bridgehead atoms. The molecule has 0 spiro atoms.